The van der Waals surface area contributed by atoms with Crippen LogP contribution in [0, 0.1) is 0 Å². The summed E-state index contributed by atoms with van der Waals surface area (Å²) in [6, 6.07) is 42.2. The molecular formula is C51H33N5. The summed E-state index contributed by atoms with van der Waals surface area (Å²) >= 11 is 0. The van der Waals surface area contributed by atoms with Crippen molar-refractivity contribution in [3.8, 4) is 56.7 Å². The summed E-state index contributed by atoms with van der Waals surface area (Å²) in [7, 11) is 0. The molecule has 11 aromatic rings. The molecule has 0 saturated carbocycles. The van der Waals surface area contributed by atoms with E-state index in [4.69, 9.17) is 24.5 Å². The van der Waals surface area contributed by atoms with E-state index < -0.39 is 54.4 Å². The van der Waals surface area contributed by atoms with E-state index in [1.165, 1.54) is 0 Å². The minimum absolute atomic E-state index is 0.0597. The maximum atomic E-state index is 9.44. The summed E-state index contributed by atoms with van der Waals surface area (Å²) in [6.45, 7) is 0. The predicted molar refractivity (Wildman–Crippen MR) is 230 cm³/mol. The van der Waals surface area contributed by atoms with Gasteiger partial charge in [-0.1, -0.05) is 170 Å². The van der Waals surface area contributed by atoms with E-state index in [0.717, 1.165) is 49.3 Å². The Hall–Kier alpha value is -7.63. The monoisotopic (exact) mass is 724 g/mol. The lowest BCUT2D eigenvalue weighted by Gasteiger charge is -2.14. The summed E-state index contributed by atoms with van der Waals surface area (Å²) in [6.07, 6.45) is 0. The highest BCUT2D eigenvalue weighted by Gasteiger charge is 2.22. The van der Waals surface area contributed by atoms with Crippen molar-refractivity contribution in [1.82, 2.24) is 24.1 Å². The highest BCUT2D eigenvalue weighted by molar-refractivity contribution is 6.19. The number of hydrogen-bond acceptors (Lipinski definition) is 3. The van der Waals surface area contributed by atoms with Crippen LogP contribution in [0.5, 0.6) is 0 Å². The molecule has 56 heavy (non-hydrogen) atoms. The van der Waals surface area contributed by atoms with Crippen LogP contribution in [0.3, 0.4) is 0 Å². The zero-order chi connectivity index (χ0) is 44.8. The van der Waals surface area contributed by atoms with Crippen molar-refractivity contribution in [3.63, 3.8) is 0 Å². The van der Waals surface area contributed by atoms with Gasteiger partial charge in [-0.2, -0.15) is 9.97 Å². The minimum Gasteiger partial charge on any atom is -0.309 e. The van der Waals surface area contributed by atoms with E-state index in [9.17, 15) is 2.74 Å². The zero-order valence-electron chi connectivity index (χ0n) is 38.6. The third kappa shape index (κ3) is 5.21. The molecule has 262 valence electrons. The number of hydrogen-bond donors (Lipinski definition) is 0. The number of nitrogens with zero attached hydrogens (tertiary/aromatic N) is 5. The van der Waals surface area contributed by atoms with Gasteiger partial charge in [0.15, 0.2) is 11.6 Å². The summed E-state index contributed by atoms with van der Waals surface area (Å²) in [5, 5.41) is 3.31. The number of aromatic nitrogens is 5. The first-order valence-electron chi connectivity index (χ1n) is 22.6. The van der Waals surface area contributed by atoms with Crippen molar-refractivity contribution in [2.75, 3.05) is 0 Å². The van der Waals surface area contributed by atoms with Crippen LogP contribution in [0.15, 0.2) is 200 Å². The van der Waals surface area contributed by atoms with E-state index in [1.807, 2.05) is 132 Å². The maximum absolute atomic E-state index is 9.44. The first-order chi connectivity index (χ1) is 31.5. The van der Waals surface area contributed by atoms with Crippen molar-refractivity contribution >= 4 is 43.6 Å². The molecular weight excluding hydrogens is 683 g/mol. The molecule has 0 aliphatic carbocycles. The van der Waals surface area contributed by atoms with Crippen molar-refractivity contribution in [3.05, 3.63) is 200 Å². The van der Waals surface area contributed by atoms with E-state index >= 15 is 0 Å². The van der Waals surface area contributed by atoms with Gasteiger partial charge in [-0.3, -0.25) is 4.57 Å². The summed E-state index contributed by atoms with van der Waals surface area (Å²) in [4.78, 5) is 15.3. The minimum atomic E-state index is -0.619. The van der Waals surface area contributed by atoms with Crippen molar-refractivity contribution in [2.24, 2.45) is 0 Å². The van der Waals surface area contributed by atoms with Gasteiger partial charge in [0.25, 0.3) is 0 Å². The van der Waals surface area contributed by atoms with E-state index in [0.29, 0.717) is 34.1 Å². The smallest absolute Gasteiger partial charge is 0.238 e. The summed E-state index contributed by atoms with van der Waals surface area (Å²) < 4.78 is 83.2. The van der Waals surface area contributed by atoms with Crippen LogP contribution in [0.4, 0.5) is 0 Å². The molecule has 0 fully saturated rings. The third-order valence-electron chi connectivity index (χ3n) is 10.2. The van der Waals surface area contributed by atoms with Gasteiger partial charge in [-0.05, 0) is 47.0 Å². The van der Waals surface area contributed by atoms with Crippen LogP contribution in [-0.4, -0.2) is 24.1 Å². The molecule has 3 aromatic heterocycles. The second kappa shape index (κ2) is 13.0. The Morgan fingerprint density at radius 3 is 1.54 bits per heavy atom. The van der Waals surface area contributed by atoms with Crippen molar-refractivity contribution in [1.29, 1.82) is 0 Å². The molecule has 0 unspecified atom stereocenters. The first kappa shape index (κ1) is 23.9. The Labute approximate surface area is 336 Å². The molecule has 0 N–H and O–H groups in total. The third-order valence-corrected chi connectivity index (χ3v) is 10.2. The van der Waals surface area contributed by atoms with Crippen LogP contribution >= 0.6 is 0 Å². The predicted octanol–water partition coefficient (Wildman–Crippen LogP) is 12.7. The lowest BCUT2D eigenvalue weighted by Crippen LogP contribution is -2.06. The summed E-state index contributed by atoms with van der Waals surface area (Å²) in [5.74, 6) is 1.26. The molecule has 0 saturated heterocycles. The van der Waals surface area contributed by atoms with Crippen LogP contribution in [0.25, 0.3) is 100 Å². The Balaban J connectivity index is 1.24. The molecule has 0 bridgehead atoms. The molecule has 5 nitrogen and oxygen atoms in total. The molecule has 11 rings (SSSR count). The number of benzene rings is 8. The van der Waals surface area contributed by atoms with Gasteiger partial charge in [-0.15, -0.1) is 0 Å². The average molecular weight is 725 g/mol. The van der Waals surface area contributed by atoms with Gasteiger partial charge in [-0.25, -0.2) is 4.98 Å². The Bertz CT molecular complexity index is 3730. The molecule has 0 radical (unpaired) electrons. The SMILES string of the molecule is [2H]c1c([2H])c([2H])c(-c2c([2H])c([2H])c([2H])c([2H])c2-n2c3ccccc3c3cc4c5ccccc5n(-c5nc(-c6ccccc6)nc(-c6ccc(-c7ccccc7)cc6)n5)c4cc32)c([2H])c1[2H]. The number of para-hydroxylation sites is 3. The lowest BCUT2D eigenvalue weighted by molar-refractivity contribution is 0.953. The van der Waals surface area contributed by atoms with Crippen molar-refractivity contribution in [2.45, 2.75) is 0 Å². The molecule has 0 spiro atoms. The lowest BCUT2D eigenvalue weighted by atomic mass is 10.0. The van der Waals surface area contributed by atoms with Crippen LogP contribution < -0.4 is 0 Å². The molecule has 0 aliphatic heterocycles. The average Bonchev–Trinajstić information content (AvgIpc) is 3.85. The fraction of sp³-hybridized carbons (Fsp3) is 0. The first-order valence-corrected chi connectivity index (χ1v) is 18.1. The fourth-order valence-corrected chi connectivity index (χ4v) is 7.67. The quantitative estimate of drug-likeness (QED) is 0.172. The van der Waals surface area contributed by atoms with Gasteiger partial charge in [0, 0.05) is 38.2 Å². The largest absolute Gasteiger partial charge is 0.309 e. The highest BCUT2D eigenvalue weighted by atomic mass is 15.2. The molecule has 0 amide bonds. The second-order valence-corrected chi connectivity index (χ2v) is 13.4. The topological polar surface area (TPSA) is 48.5 Å². The maximum Gasteiger partial charge on any atom is 0.238 e. The Morgan fingerprint density at radius 1 is 0.357 bits per heavy atom. The van der Waals surface area contributed by atoms with Gasteiger partial charge >= 0.3 is 0 Å². The van der Waals surface area contributed by atoms with Gasteiger partial charge < -0.3 is 4.57 Å². The Morgan fingerprint density at radius 2 is 0.857 bits per heavy atom. The molecule has 5 heteroatoms. The van der Waals surface area contributed by atoms with Gasteiger partial charge in [0.05, 0.1) is 40.1 Å². The molecule has 0 aliphatic rings. The number of fused-ring (bicyclic) bond motifs is 6. The van der Waals surface area contributed by atoms with E-state index in [-0.39, 0.29) is 16.8 Å². The fourth-order valence-electron chi connectivity index (χ4n) is 7.67. The Kier molecular flexibility index (Phi) is 5.57. The van der Waals surface area contributed by atoms with E-state index in [2.05, 4.69) is 18.2 Å². The number of rotatable bonds is 6. The second-order valence-electron chi connectivity index (χ2n) is 13.4. The molecule has 8 aromatic carbocycles. The van der Waals surface area contributed by atoms with Crippen molar-refractivity contribution < 1.29 is 12.3 Å². The molecule has 0 atom stereocenters. The highest BCUT2D eigenvalue weighted by Crippen LogP contribution is 2.41. The van der Waals surface area contributed by atoms with Crippen LogP contribution in [0.2, 0.25) is 0 Å². The van der Waals surface area contributed by atoms with E-state index in [1.54, 1.807) is 4.57 Å². The normalized spacial score (nSPS) is 13.8. The van der Waals surface area contributed by atoms with Crippen LogP contribution in [-0.2, 0) is 0 Å². The zero-order valence-corrected chi connectivity index (χ0v) is 29.6. The van der Waals surface area contributed by atoms with Crippen LogP contribution in [0.1, 0.15) is 12.3 Å². The standard InChI is InChI=1S/C51H33N5/c1-4-16-34(17-5-1)35-28-30-38(31-29-35)50-52-49(37-20-8-3-9-21-37)53-51(54-50)56-46-27-15-12-24-41(46)43-32-42-40-23-11-14-26-45(40)55(47(42)33-48(43)56)44-25-13-10-22-39(44)36-18-6-2-7-19-36/h1-33H/i2D,6D,7D,10D,13D,18D,19D,22D,25D. The van der Waals surface area contributed by atoms with Gasteiger partial charge in [0.1, 0.15) is 0 Å². The molecule has 3 heterocycles. The summed E-state index contributed by atoms with van der Waals surface area (Å²) in [5.41, 5.74) is 5.71. The van der Waals surface area contributed by atoms with Gasteiger partial charge in [0.2, 0.25) is 5.95 Å².